The summed E-state index contributed by atoms with van der Waals surface area (Å²) >= 11 is 0. The number of hydrogen-bond acceptors (Lipinski definition) is 3. The summed E-state index contributed by atoms with van der Waals surface area (Å²) in [4.78, 5) is 25.9. The normalized spacial score (nSPS) is 19.6. The maximum atomic E-state index is 11.9. The Bertz CT molecular complexity index is 346. The van der Waals surface area contributed by atoms with Crippen molar-refractivity contribution in [3.63, 3.8) is 0 Å². The number of carbonyl (C=O) groups excluding carboxylic acids is 1. The third-order valence-electron chi connectivity index (χ3n) is 2.78. The average Bonchev–Trinajstić information content (AvgIpc) is 2.12. The highest BCUT2D eigenvalue weighted by Crippen LogP contribution is 2.22. The van der Waals surface area contributed by atoms with Gasteiger partial charge in [0.05, 0.1) is 5.54 Å². The molecule has 1 rings (SSSR count). The van der Waals surface area contributed by atoms with Crippen molar-refractivity contribution in [3.05, 3.63) is 0 Å². The number of nitrogens with zero attached hydrogens (tertiary/aromatic N) is 2. The summed E-state index contributed by atoms with van der Waals surface area (Å²) in [6.45, 7) is 10.0. The molecule has 1 saturated heterocycles. The van der Waals surface area contributed by atoms with Crippen LogP contribution in [0.4, 0.5) is 9.59 Å². The van der Waals surface area contributed by atoms with Crippen LogP contribution in [0.15, 0.2) is 0 Å². The minimum absolute atomic E-state index is 0.307. The topological polar surface area (TPSA) is 70.1 Å². The first-order valence-electron chi connectivity index (χ1n) is 6.01. The summed E-state index contributed by atoms with van der Waals surface area (Å²) in [5, 5.41) is 9.08. The molecule has 1 N–H and O–H groups in total. The lowest BCUT2D eigenvalue weighted by atomic mass is 10.00. The van der Waals surface area contributed by atoms with Crippen LogP contribution in [0.2, 0.25) is 0 Å². The first-order chi connectivity index (χ1) is 8.03. The van der Waals surface area contributed by atoms with Gasteiger partial charge in [-0.3, -0.25) is 4.90 Å². The standard InChI is InChI=1S/C12H22N2O4/c1-11(2,3)18-10(17)13-6-7-14(9(15)16)12(4,5)8-13/h6-8H2,1-5H3,(H,15,16). The smallest absolute Gasteiger partial charge is 0.410 e. The summed E-state index contributed by atoms with van der Waals surface area (Å²) in [6, 6.07) is 0. The van der Waals surface area contributed by atoms with E-state index < -0.39 is 17.2 Å². The van der Waals surface area contributed by atoms with Crippen LogP contribution in [0.1, 0.15) is 34.6 Å². The van der Waals surface area contributed by atoms with Crippen LogP contribution >= 0.6 is 0 Å². The molecule has 0 aromatic heterocycles. The van der Waals surface area contributed by atoms with Crippen LogP contribution in [-0.2, 0) is 4.74 Å². The van der Waals surface area contributed by atoms with E-state index in [2.05, 4.69) is 0 Å². The molecule has 0 aliphatic carbocycles. The van der Waals surface area contributed by atoms with Gasteiger partial charge in [-0.15, -0.1) is 0 Å². The summed E-state index contributed by atoms with van der Waals surface area (Å²) in [5.41, 5.74) is -1.13. The summed E-state index contributed by atoms with van der Waals surface area (Å²) in [5.74, 6) is 0. The fourth-order valence-corrected chi connectivity index (χ4v) is 1.99. The van der Waals surface area contributed by atoms with Crippen LogP contribution in [0.3, 0.4) is 0 Å². The van der Waals surface area contributed by atoms with Gasteiger partial charge in [-0.2, -0.15) is 0 Å². The van der Waals surface area contributed by atoms with Crippen LogP contribution in [0, 0.1) is 0 Å². The van der Waals surface area contributed by atoms with Gasteiger partial charge >= 0.3 is 12.2 Å². The van der Waals surface area contributed by atoms with Crippen molar-refractivity contribution in [2.75, 3.05) is 19.6 Å². The summed E-state index contributed by atoms with van der Waals surface area (Å²) < 4.78 is 5.29. The number of hydrogen-bond donors (Lipinski definition) is 1. The second-order valence-corrected chi connectivity index (χ2v) is 6.15. The molecule has 6 nitrogen and oxygen atoms in total. The molecule has 0 spiro atoms. The molecule has 0 atom stereocenters. The van der Waals surface area contributed by atoms with E-state index in [0.717, 1.165) is 0 Å². The first-order valence-corrected chi connectivity index (χ1v) is 6.01. The maximum absolute atomic E-state index is 11.9. The molecule has 0 bridgehead atoms. The van der Waals surface area contributed by atoms with Gasteiger partial charge in [-0.25, -0.2) is 9.59 Å². The molecule has 0 unspecified atom stereocenters. The van der Waals surface area contributed by atoms with E-state index in [1.54, 1.807) is 18.7 Å². The Morgan fingerprint density at radius 2 is 1.78 bits per heavy atom. The molecule has 2 amide bonds. The summed E-state index contributed by atoms with van der Waals surface area (Å²) in [6.07, 6.45) is -1.34. The lowest BCUT2D eigenvalue weighted by molar-refractivity contribution is -0.0104. The maximum Gasteiger partial charge on any atom is 0.410 e. The van der Waals surface area contributed by atoms with Gasteiger partial charge < -0.3 is 14.7 Å². The highest BCUT2D eigenvalue weighted by molar-refractivity contribution is 5.70. The number of ether oxygens (including phenoxy) is 1. The van der Waals surface area contributed by atoms with E-state index in [1.165, 1.54) is 4.90 Å². The minimum Gasteiger partial charge on any atom is -0.465 e. The fourth-order valence-electron chi connectivity index (χ4n) is 1.99. The number of amides is 2. The highest BCUT2D eigenvalue weighted by atomic mass is 16.6. The zero-order valence-electron chi connectivity index (χ0n) is 11.7. The van der Waals surface area contributed by atoms with Gasteiger partial charge in [0.1, 0.15) is 5.60 Å². The third-order valence-corrected chi connectivity index (χ3v) is 2.78. The van der Waals surface area contributed by atoms with Gasteiger partial charge in [0.25, 0.3) is 0 Å². The molecule has 0 saturated carbocycles. The lowest BCUT2D eigenvalue weighted by Gasteiger charge is -2.45. The van der Waals surface area contributed by atoms with Crippen LogP contribution in [-0.4, -0.2) is 57.9 Å². The molecule has 104 valence electrons. The van der Waals surface area contributed by atoms with Gasteiger partial charge in [0.15, 0.2) is 0 Å². The Morgan fingerprint density at radius 1 is 1.22 bits per heavy atom. The molecule has 0 aromatic rings. The predicted molar refractivity (Wildman–Crippen MR) is 66.6 cm³/mol. The minimum atomic E-state index is -0.955. The van der Waals surface area contributed by atoms with E-state index in [-0.39, 0.29) is 6.09 Å². The Morgan fingerprint density at radius 3 is 2.17 bits per heavy atom. The van der Waals surface area contributed by atoms with E-state index in [4.69, 9.17) is 9.84 Å². The molecular weight excluding hydrogens is 236 g/mol. The molecule has 1 aliphatic rings. The first kappa shape index (κ1) is 14.6. The van der Waals surface area contributed by atoms with Gasteiger partial charge in [0.2, 0.25) is 0 Å². The molecule has 0 aromatic carbocycles. The van der Waals surface area contributed by atoms with Crippen LogP contribution in [0.5, 0.6) is 0 Å². The molecule has 6 heteroatoms. The predicted octanol–water partition coefficient (Wildman–Crippen LogP) is 2.00. The Balaban J connectivity index is 2.69. The lowest BCUT2D eigenvalue weighted by Crippen LogP contribution is -2.62. The van der Waals surface area contributed by atoms with Gasteiger partial charge in [0, 0.05) is 19.6 Å². The molecule has 0 radical (unpaired) electrons. The van der Waals surface area contributed by atoms with E-state index in [1.807, 2.05) is 20.8 Å². The number of carbonyl (C=O) groups is 2. The van der Waals surface area contributed by atoms with Crippen molar-refractivity contribution in [1.29, 1.82) is 0 Å². The Kier molecular flexibility index (Phi) is 3.78. The molecule has 1 aliphatic heterocycles. The van der Waals surface area contributed by atoms with Crippen molar-refractivity contribution >= 4 is 12.2 Å². The zero-order valence-corrected chi connectivity index (χ0v) is 11.7. The van der Waals surface area contributed by atoms with Crippen LogP contribution in [0.25, 0.3) is 0 Å². The second kappa shape index (κ2) is 4.66. The van der Waals surface area contributed by atoms with Crippen molar-refractivity contribution in [2.45, 2.75) is 45.8 Å². The molecule has 1 fully saturated rings. The largest absolute Gasteiger partial charge is 0.465 e. The van der Waals surface area contributed by atoms with Crippen molar-refractivity contribution in [2.24, 2.45) is 0 Å². The second-order valence-electron chi connectivity index (χ2n) is 6.15. The van der Waals surface area contributed by atoms with Gasteiger partial charge in [-0.05, 0) is 34.6 Å². The number of carboxylic acid groups (broad SMARTS) is 1. The van der Waals surface area contributed by atoms with Crippen molar-refractivity contribution in [1.82, 2.24) is 9.80 Å². The fraction of sp³-hybridized carbons (Fsp3) is 0.833. The van der Waals surface area contributed by atoms with E-state index in [9.17, 15) is 9.59 Å². The van der Waals surface area contributed by atoms with Crippen LogP contribution < -0.4 is 0 Å². The zero-order chi connectivity index (χ0) is 14.1. The molecule has 1 heterocycles. The monoisotopic (exact) mass is 258 g/mol. The highest BCUT2D eigenvalue weighted by Gasteiger charge is 2.39. The van der Waals surface area contributed by atoms with Crippen molar-refractivity contribution < 1.29 is 19.4 Å². The van der Waals surface area contributed by atoms with E-state index >= 15 is 0 Å². The Hall–Kier alpha value is -1.46. The Labute approximate surface area is 107 Å². The SMILES string of the molecule is CC(C)(C)OC(=O)N1CCN(C(=O)O)C(C)(C)C1. The molecule has 18 heavy (non-hydrogen) atoms. The summed E-state index contributed by atoms with van der Waals surface area (Å²) in [7, 11) is 0. The average molecular weight is 258 g/mol. The number of piperazine rings is 1. The van der Waals surface area contributed by atoms with Gasteiger partial charge in [-0.1, -0.05) is 0 Å². The van der Waals surface area contributed by atoms with E-state index in [0.29, 0.717) is 19.6 Å². The quantitative estimate of drug-likeness (QED) is 0.721. The molecular formula is C12H22N2O4. The number of rotatable bonds is 0. The van der Waals surface area contributed by atoms with Crippen molar-refractivity contribution in [3.8, 4) is 0 Å². The third kappa shape index (κ3) is 3.51.